The molecule has 2 rings (SSSR count). The summed E-state index contributed by atoms with van der Waals surface area (Å²) in [5, 5.41) is 12.2. The molecule has 2 N–H and O–H groups in total. The molecule has 0 amide bonds. The zero-order valence-corrected chi connectivity index (χ0v) is 12.8. The molecular formula is C16H20ClNO3. The maximum absolute atomic E-state index is 10.8. The molecule has 4 nitrogen and oxygen atoms in total. The maximum Gasteiger partial charge on any atom is 0.335 e. The van der Waals surface area contributed by atoms with Crippen LogP contribution in [0.2, 0.25) is 0 Å². The van der Waals surface area contributed by atoms with Crippen LogP contribution in [0.4, 0.5) is 0 Å². The van der Waals surface area contributed by atoms with Gasteiger partial charge in [0.25, 0.3) is 0 Å². The Bertz CT molecular complexity index is 563. The summed E-state index contributed by atoms with van der Waals surface area (Å²) in [6, 6.07) is 10.5. The summed E-state index contributed by atoms with van der Waals surface area (Å²) in [6.45, 7) is 3.86. The molecule has 2 aromatic rings. The molecule has 0 bridgehead atoms. The molecule has 21 heavy (non-hydrogen) atoms. The van der Waals surface area contributed by atoms with Crippen LogP contribution < -0.4 is 5.32 Å². The first-order chi connectivity index (χ1) is 9.70. The molecule has 1 aromatic heterocycles. The highest BCUT2D eigenvalue weighted by Crippen LogP contribution is 2.22. The Labute approximate surface area is 130 Å². The minimum Gasteiger partial charge on any atom is -0.478 e. The molecule has 1 heterocycles. The Morgan fingerprint density at radius 3 is 2.52 bits per heavy atom. The van der Waals surface area contributed by atoms with Crippen molar-refractivity contribution >= 4 is 18.4 Å². The number of hydrogen-bond donors (Lipinski definition) is 2. The molecule has 5 heteroatoms. The summed E-state index contributed by atoms with van der Waals surface area (Å²) in [5.74, 6) is 0.726. The number of carboxylic acid groups (broad SMARTS) is 1. The standard InChI is InChI=1S/C16H19NO3.ClH/c1-2-3-10-17-11-14-8-9-15(20-14)12-4-6-13(7-5-12)16(18)19;/h4-9,17H,2-3,10-11H2,1H3,(H,18,19);1H. The number of furan rings is 1. The summed E-state index contributed by atoms with van der Waals surface area (Å²) < 4.78 is 5.74. The molecule has 0 aliphatic carbocycles. The van der Waals surface area contributed by atoms with Crippen molar-refractivity contribution in [2.45, 2.75) is 26.3 Å². The molecule has 1 aromatic carbocycles. The third-order valence-electron chi connectivity index (χ3n) is 3.08. The van der Waals surface area contributed by atoms with E-state index in [-0.39, 0.29) is 18.0 Å². The average Bonchev–Trinajstić information content (AvgIpc) is 2.92. The minimum atomic E-state index is -0.920. The van der Waals surface area contributed by atoms with E-state index in [0.717, 1.165) is 30.0 Å². The molecule has 0 fully saturated rings. The second-order valence-electron chi connectivity index (χ2n) is 4.68. The smallest absolute Gasteiger partial charge is 0.335 e. The van der Waals surface area contributed by atoms with Gasteiger partial charge in [0.2, 0.25) is 0 Å². The molecule has 114 valence electrons. The van der Waals surface area contributed by atoms with Gasteiger partial charge in [-0.05, 0) is 37.2 Å². The fourth-order valence-electron chi connectivity index (χ4n) is 1.92. The van der Waals surface area contributed by atoms with Gasteiger partial charge in [-0.1, -0.05) is 25.5 Å². The van der Waals surface area contributed by atoms with Crippen LogP contribution in [-0.4, -0.2) is 17.6 Å². The Hall–Kier alpha value is -1.78. The Kier molecular flexibility index (Phi) is 6.99. The second kappa shape index (κ2) is 8.49. The van der Waals surface area contributed by atoms with Gasteiger partial charge in [-0.25, -0.2) is 4.79 Å². The van der Waals surface area contributed by atoms with Crippen LogP contribution in [0.15, 0.2) is 40.8 Å². The van der Waals surface area contributed by atoms with Gasteiger partial charge < -0.3 is 14.8 Å². The average molecular weight is 310 g/mol. The Morgan fingerprint density at radius 1 is 1.19 bits per heavy atom. The number of benzene rings is 1. The zero-order chi connectivity index (χ0) is 14.4. The largest absolute Gasteiger partial charge is 0.478 e. The number of hydrogen-bond acceptors (Lipinski definition) is 3. The first kappa shape index (κ1) is 17.3. The van der Waals surface area contributed by atoms with Gasteiger partial charge in [0.15, 0.2) is 0 Å². The van der Waals surface area contributed by atoms with Crippen LogP contribution >= 0.6 is 12.4 Å². The molecule has 0 aliphatic heterocycles. The number of unbranched alkanes of at least 4 members (excludes halogenated alkanes) is 1. The van der Waals surface area contributed by atoms with E-state index in [0.29, 0.717) is 6.54 Å². The summed E-state index contributed by atoms with van der Waals surface area (Å²) >= 11 is 0. The van der Waals surface area contributed by atoms with Gasteiger partial charge >= 0.3 is 5.97 Å². The minimum absolute atomic E-state index is 0. The topological polar surface area (TPSA) is 62.5 Å². The Balaban J connectivity index is 0.00000220. The zero-order valence-electron chi connectivity index (χ0n) is 12.0. The first-order valence-electron chi connectivity index (χ1n) is 6.84. The number of aromatic carboxylic acids is 1. The van der Waals surface area contributed by atoms with Crippen molar-refractivity contribution in [3.63, 3.8) is 0 Å². The lowest BCUT2D eigenvalue weighted by molar-refractivity contribution is 0.0697. The number of carbonyl (C=O) groups is 1. The van der Waals surface area contributed by atoms with Gasteiger partial charge in [-0.15, -0.1) is 12.4 Å². The SMILES string of the molecule is CCCCNCc1ccc(-c2ccc(C(=O)O)cc2)o1.Cl. The highest BCUT2D eigenvalue weighted by Gasteiger charge is 2.06. The van der Waals surface area contributed by atoms with Crippen LogP contribution in [-0.2, 0) is 6.54 Å². The van der Waals surface area contributed by atoms with E-state index < -0.39 is 5.97 Å². The van der Waals surface area contributed by atoms with Crippen molar-refractivity contribution in [1.29, 1.82) is 0 Å². The van der Waals surface area contributed by atoms with E-state index in [2.05, 4.69) is 12.2 Å². The fourth-order valence-corrected chi connectivity index (χ4v) is 1.92. The van der Waals surface area contributed by atoms with Crippen LogP contribution in [0.1, 0.15) is 35.9 Å². The van der Waals surface area contributed by atoms with E-state index in [9.17, 15) is 4.79 Å². The molecule has 0 aliphatic rings. The molecular weight excluding hydrogens is 290 g/mol. The van der Waals surface area contributed by atoms with Crippen molar-refractivity contribution in [3.05, 3.63) is 47.7 Å². The number of rotatable bonds is 7. The number of nitrogens with one attached hydrogen (secondary N) is 1. The molecule has 0 radical (unpaired) electrons. The summed E-state index contributed by atoms with van der Waals surface area (Å²) in [5.41, 5.74) is 1.16. The predicted molar refractivity (Wildman–Crippen MR) is 85.0 cm³/mol. The van der Waals surface area contributed by atoms with Crippen molar-refractivity contribution in [3.8, 4) is 11.3 Å². The van der Waals surface area contributed by atoms with Gasteiger partial charge in [0.1, 0.15) is 11.5 Å². The van der Waals surface area contributed by atoms with E-state index in [1.165, 1.54) is 6.42 Å². The first-order valence-corrected chi connectivity index (χ1v) is 6.84. The van der Waals surface area contributed by atoms with Crippen LogP contribution in [0, 0.1) is 0 Å². The quantitative estimate of drug-likeness (QED) is 0.760. The summed E-state index contributed by atoms with van der Waals surface area (Å²) in [6.07, 6.45) is 2.33. The molecule has 0 atom stereocenters. The van der Waals surface area contributed by atoms with E-state index >= 15 is 0 Å². The summed E-state index contributed by atoms with van der Waals surface area (Å²) in [4.78, 5) is 10.8. The van der Waals surface area contributed by atoms with Crippen molar-refractivity contribution < 1.29 is 14.3 Å². The maximum atomic E-state index is 10.8. The van der Waals surface area contributed by atoms with Crippen molar-refractivity contribution in [2.75, 3.05) is 6.54 Å². The van der Waals surface area contributed by atoms with Gasteiger partial charge in [0, 0.05) is 5.56 Å². The fraction of sp³-hybridized carbons (Fsp3) is 0.312. The van der Waals surface area contributed by atoms with Crippen molar-refractivity contribution in [1.82, 2.24) is 5.32 Å². The lowest BCUT2D eigenvalue weighted by Gasteiger charge is -2.01. The molecule has 0 saturated heterocycles. The third kappa shape index (κ3) is 4.92. The van der Waals surface area contributed by atoms with Crippen molar-refractivity contribution in [2.24, 2.45) is 0 Å². The van der Waals surface area contributed by atoms with Gasteiger partial charge in [-0.2, -0.15) is 0 Å². The lowest BCUT2D eigenvalue weighted by atomic mass is 10.1. The molecule has 0 spiro atoms. The third-order valence-corrected chi connectivity index (χ3v) is 3.08. The lowest BCUT2D eigenvalue weighted by Crippen LogP contribution is -2.13. The van der Waals surface area contributed by atoms with Crippen LogP contribution in [0.25, 0.3) is 11.3 Å². The van der Waals surface area contributed by atoms with Gasteiger partial charge in [0.05, 0.1) is 12.1 Å². The van der Waals surface area contributed by atoms with Crippen LogP contribution in [0.5, 0.6) is 0 Å². The van der Waals surface area contributed by atoms with E-state index in [4.69, 9.17) is 9.52 Å². The Morgan fingerprint density at radius 2 is 1.90 bits per heavy atom. The number of carboxylic acids is 1. The van der Waals surface area contributed by atoms with E-state index in [1.807, 2.05) is 12.1 Å². The van der Waals surface area contributed by atoms with E-state index in [1.54, 1.807) is 24.3 Å². The molecule has 0 saturated carbocycles. The summed E-state index contributed by atoms with van der Waals surface area (Å²) in [7, 11) is 0. The predicted octanol–water partition coefficient (Wildman–Crippen LogP) is 3.96. The monoisotopic (exact) mass is 309 g/mol. The molecule has 0 unspecified atom stereocenters. The van der Waals surface area contributed by atoms with Crippen LogP contribution in [0.3, 0.4) is 0 Å². The normalized spacial score (nSPS) is 10.1. The van der Waals surface area contributed by atoms with Gasteiger partial charge in [-0.3, -0.25) is 0 Å². The second-order valence-corrected chi connectivity index (χ2v) is 4.68. The highest BCUT2D eigenvalue weighted by atomic mass is 35.5. The highest BCUT2D eigenvalue weighted by molar-refractivity contribution is 5.88. The number of halogens is 1.